The third-order valence-electron chi connectivity index (χ3n) is 4.06. The van der Waals surface area contributed by atoms with Crippen molar-refractivity contribution < 1.29 is 14.3 Å². The molecule has 24 heavy (non-hydrogen) atoms. The summed E-state index contributed by atoms with van der Waals surface area (Å²) >= 11 is 0. The van der Waals surface area contributed by atoms with Crippen LogP contribution in [0.2, 0.25) is 0 Å². The standard InChI is InChI=1S/C18H21N3O3/c1-23-15-6-2-5-14(11-15)12-18(22)21-10-4-7-16(13-21)24-17-8-3-9-19-20-17/h2-3,5-6,8-9,11,16H,4,7,10,12-13H2,1H3. The second-order valence-corrected chi connectivity index (χ2v) is 5.81. The molecule has 0 saturated carbocycles. The SMILES string of the molecule is COc1cccc(CC(=O)N2CCCC(Oc3cccnn3)C2)c1. The lowest BCUT2D eigenvalue weighted by molar-refractivity contribution is -0.133. The summed E-state index contributed by atoms with van der Waals surface area (Å²) < 4.78 is 11.0. The van der Waals surface area contributed by atoms with Crippen molar-refractivity contribution in [2.75, 3.05) is 20.2 Å². The zero-order valence-electron chi connectivity index (χ0n) is 13.7. The summed E-state index contributed by atoms with van der Waals surface area (Å²) in [6, 6.07) is 11.2. The minimum Gasteiger partial charge on any atom is -0.497 e. The first kappa shape index (κ1) is 16.2. The lowest BCUT2D eigenvalue weighted by Gasteiger charge is -2.32. The summed E-state index contributed by atoms with van der Waals surface area (Å²) in [4.78, 5) is 14.4. The summed E-state index contributed by atoms with van der Waals surface area (Å²) in [5.74, 6) is 1.38. The van der Waals surface area contributed by atoms with Crippen LogP contribution in [-0.2, 0) is 11.2 Å². The van der Waals surface area contributed by atoms with E-state index in [0.717, 1.165) is 30.7 Å². The zero-order chi connectivity index (χ0) is 16.8. The van der Waals surface area contributed by atoms with E-state index in [1.54, 1.807) is 25.4 Å². The molecule has 0 spiro atoms. The van der Waals surface area contributed by atoms with Gasteiger partial charge in [0.05, 0.1) is 20.1 Å². The predicted octanol–water partition coefficient (Wildman–Crippen LogP) is 2.10. The van der Waals surface area contributed by atoms with E-state index in [-0.39, 0.29) is 12.0 Å². The second kappa shape index (κ2) is 7.77. The molecule has 126 valence electrons. The Kier molecular flexibility index (Phi) is 5.25. The van der Waals surface area contributed by atoms with Crippen LogP contribution in [0.15, 0.2) is 42.6 Å². The van der Waals surface area contributed by atoms with Gasteiger partial charge in [0.2, 0.25) is 11.8 Å². The lowest BCUT2D eigenvalue weighted by atomic mass is 10.1. The molecule has 0 N–H and O–H groups in total. The Morgan fingerprint density at radius 2 is 2.25 bits per heavy atom. The molecule has 1 atom stereocenters. The molecule has 6 nitrogen and oxygen atoms in total. The molecule has 1 saturated heterocycles. The molecule has 2 heterocycles. The highest BCUT2D eigenvalue weighted by atomic mass is 16.5. The molecular formula is C18H21N3O3. The van der Waals surface area contributed by atoms with E-state index < -0.39 is 0 Å². The van der Waals surface area contributed by atoms with E-state index in [9.17, 15) is 4.79 Å². The van der Waals surface area contributed by atoms with Gasteiger partial charge in [-0.3, -0.25) is 4.79 Å². The number of hydrogen-bond acceptors (Lipinski definition) is 5. The van der Waals surface area contributed by atoms with Gasteiger partial charge in [0.25, 0.3) is 0 Å². The number of methoxy groups -OCH3 is 1. The molecule has 1 aromatic heterocycles. The van der Waals surface area contributed by atoms with Crippen molar-refractivity contribution in [3.05, 3.63) is 48.2 Å². The van der Waals surface area contributed by atoms with Crippen molar-refractivity contribution in [3.8, 4) is 11.6 Å². The number of hydrogen-bond donors (Lipinski definition) is 0. The summed E-state index contributed by atoms with van der Waals surface area (Å²) in [6.45, 7) is 1.35. The van der Waals surface area contributed by atoms with Crippen LogP contribution < -0.4 is 9.47 Å². The van der Waals surface area contributed by atoms with Crippen LogP contribution >= 0.6 is 0 Å². The van der Waals surface area contributed by atoms with Crippen LogP contribution in [0.25, 0.3) is 0 Å². The number of amides is 1. The average Bonchev–Trinajstić information content (AvgIpc) is 2.63. The fourth-order valence-corrected chi connectivity index (χ4v) is 2.85. The predicted molar refractivity (Wildman–Crippen MR) is 89.0 cm³/mol. The molecule has 1 aliphatic rings. The van der Waals surface area contributed by atoms with Crippen molar-refractivity contribution in [2.24, 2.45) is 0 Å². The number of carbonyl (C=O) groups excluding carboxylic acids is 1. The summed E-state index contributed by atoms with van der Waals surface area (Å²) in [7, 11) is 1.62. The minimum atomic E-state index is -0.0373. The third-order valence-corrected chi connectivity index (χ3v) is 4.06. The van der Waals surface area contributed by atoms with Gasteiger partial charge in [-0.15, -0.1) is 5.10 Å². The van der Waals surface area contributed by atoms with Gasteiger partial charge in [-0.25, -0.2) is 0 Å². The number of aromatic nitrogens is 2. The molecule has 6 heteroatoms. The highest BCUT2D eigenvalue weighted by molar-refractivity contribution is 5.79. The molecule has 1 aromatic carbocycles. The highest BCUT2D eigenvalue weighted by Crippen LogP contribution is 2.18. The number of rotatable bonds is 5. The highest BCUT2D eigenvalue weighted by Gasteiger charge is 2.25. The molecule has 0 radical (unpaired) electrons. The maximum atomic E-state index is 12.6. The van der Waals surface area contributed by atoms with E-state index >= 15 is 0 Å². The van der Waals surface area contributed by atoms with Gasteiger partial charge in [0.15, 0.2) is 0 Å². The Balaban J connectivity index is 1.58. The minimum absolute atomic E-state index is 0.0373. The van der Waals surface area contributed by atoms with Crippen molar-refractivity contribution in [2.45, 2.75) is 25.4 Å². The number of ether oxygens (including phenoxy) is 2. The number of benzene rings is 1. The van der Waals surface area contributed by atoms with Gasteiger partial charge >= 0.3 is 0 Å². The van der Waals surface area contributed by atoms with E-state index in [1.807, 2.05) is 29.2 Å². The van der Waals surface area contributed by atoms with Crippen molar-refractivity contribution >= 4 is 5.91 Å². The quantitative estimate of drug-likeness (QED) is 0.841. The van der Waals surface area contributed by atoms with Gasteiger partial charge in [0, 0.05) is 18.8 Å². The number of nitrogens with zero attached hydrogens (tertiary/aromatic N) is 3. The maximum Gasteiger partial charge on any atom is 0.233 e. The van der Waals surface area contributed by atoms with Crippen LogP contribution in [0.1, 0.15) is 18.4 Å². The molecule has 2 aromatic rings. The van der Waals surface area contributed by atoms with Crippen LogP contribution in [0.3, 0.4) is 0 Å². The Hall–Kier alpha value is -2.63. The van der Waals surface area contributed by atoms with Gasteiger partial charge in [0.1, 0.15) is 11.9 Å². The first-order chi connectivity index (χ1) is 11.7. The fourth-order valence-electron chi connectivity index (χ4n) is 2.85. The monoisotopic (exact) mass is 327 g/mol. The van der Waals surface area contributed by atoms with E-state index in [4.69, 9.17) is 9.47 Å². The van der Waals surface area contributed by atoms with Gasteiger partial charge in [-0.05, 0) is 36.6 Å². The van der Waals surface area contributed by atoms with Crippen LogP contribution in [-0.4, -0.2) is 47.3 Å². The topological polar surface area (TPSA) is 64.5 Å². The molecule has 1 aliphatic heterocycles. The third kappa shape index (κ3) is 4.22. The molecule has 0 bridgehead atoms. The second-order valence-electron chi connectivity index (χ2n) is 5.81. The molecule has 1 fully saturated rings. The largest absolute Gasteiger partial charge is 0.497 e. The summed E-state index contributed by atoms with van der Waals surface area (Å²) in [5, 5.41) is 7.75. The number of piperidine rings is 1. The fraction of sp³-hybridized carbons (Fsp3) is 0.389. The smallest absolute Gasteiger partial charge is 0.233 e. The Morgan fingerprint density at radius 3 is 3.04 bits per heavy atom. The molecule has 0 aliphatic carbocycles. The van der Waals surface area contributed by atoms with E-state index in [2.05, 4.69) is 10.2 Å². The molecule has 3 rings (SSSR count). The maximum absolute atomic E-state index is 12.6. The van der Waals surface area contributed by atoms with Crippen LogP contribution in [0.5, 0.6) is 11.6 Å². The Labute approximate surface area is 141 Å². The first-order valence-electron chi connectivity index (χ1n) is 8.09. The van der Waals surface area contributed by atoms with Crippen molar-refractivity contribution in [3.63, 3.8) is 0 Å². The zero-order valence-corrected chi connectivity index (χ0v) is 13.7. The molecule has 1 amide bonds. The number of likely N-dealkylation sites (tertiary alicyclic amines) is 1. The summed E-state index contributed by atoms with van der Waals surface area (Å²) in [5.41, 5.74) is 0.955. The van der Waals surface area contributed by atoms with Gasteiger partial charge in [-0.2, -0.15) is 5.10 Å². The molecular weight excluding hydrogens is 306 g/mol. The summed E-state index contributed by atoms with van der Waals surface area (Å²) in [6.07, 6.45) is 3.78. The molecule has 1 unspecified atom stereocenters. The van der Waals surface area contributed by atoms with E-state index in [0.29, 0.717) is 18.8 Å². The average molecular weight is 327 g/mol. The first-order valence-corrected chi connectivity index (χ1v) is 8.09. The number of carbonyl (C=O) groups is 1. The van der Waals surface area contributed by atoms with Crippen LogP contribution in [0, 0.1) is 0 Å². The van der Waals surface area contributed by atoms with Crippen molar-refractivity contribution in [1.29, 1.82) is 0 Å². The van der Waals surface area contributed by atoms with E-state index in [1.165, 1.54) is 0 Å². The Bertz CT molecular complexity index is 678. The van der Waals surface area contributed by atoms with Crippen molar-refractivity contribution in [1.82, 2.24) is 15.1 Å². The lowest BCUT2D eigenvalue weighted by Crippen LogP contribution is -2.45. The Morgan fingerprint density at radius 1 is 1.33 bits per heavy atom. The van der Waals surface area contributed by atoms with Gasteiger partial charge in [-0.1, -0.05) is 12.1 Å². The van der Waals surface area contributed by atoms with Gasteiger partial charge < -0.3 is 14.4 Å². The normalized spacial score (nSPS) is 17.4. The van der Waals surface area contributed by atoms with Crippen LogP contribution in [0.4, 0.5) is 0 Å².